The second-order valence-corrected chi connectivity index (χ2v) is 10.9. The fourth-order valence-electron chi connectivity index (χ4n) is 3.93. The molecule has 35 heavy (non-hydrogen) atoms. The lowest BCUT2D eigenvalue weighted by Gasteiger charge is -2.32. The van der Waals surface area contributed by atoms with Crippen molar-refractivity contribution in [2.24, 2.45) is 0 Å². The first-order valence-electron chi connectivity index (χ1n) is 12.3. The number of amides is 2. The second-order valence-electron chi connectivity index (χ2n) is 8.96. The summed E-state index contributed by atoms with van der Waals surface area (Å²) in [6, 6.07) is 16.1. The van der Waals surface area contributed by atoms with Crippen LogP contribution in [-0.2, 0) is 26.2 Å². The Morgan fingerprint density at radius 2 is 1.60 bits per heavy atom. The lowest BCUT2D eigenvalue weighted by molar-refractivity contribution is -0.141. The Balaban J connectivity index is 2.22. The number of anilines is 1. The van der Waals surface area contributed by atoms with Crippen molar-refractivity contribution < 1.29 is 18.0 Å². The first kappa shape index (κ1) is 28.4. The standard InChI is InChI=1S/C27H39N3O4S/c1-6-22(4)28-27(32)25(7-2)29(20-23-15-12-11-14-21(23)3)26(31)18-13-19-30(35(5,33)34)24-16-9-8-10-17-24/h8-12,14-17,22,25H,6-7,13,18-20H2,1-5H3,(H,28,32)/t22-,25+/m1/s1. The SMILES string of the molecule is CC[C@@H](C)NC(=O)[C@H](CC)N(Cc1ccccc1C)C(=O)CCCN(c1ccccc1)S(C)(=O)=O. The number of nitrogens with zero attached hydrogens (tertiary/aromatic N) is 2. The highest BCUT2D eigenvalue weighted by Gasteiger charge is 2.29. The van der Waals surface area contributed by atoms with Crippen LogP contribution in [-0.4, -0.2) is 50.0 Å². The molecule has 2 aromatic carbocycles. The van der Waals surface area contributed by atoms with Gasteiger partial charge in [-0.2, -0.15) is 0 Å². The Morgan fingerprint density at radius 3 is 2.17 bits per heavy atom. The van der Waals surface area contributed by atoms with Gasteiger partial charge in [-0.15, -0.1) is 0 Å². The first-order valence-corrected chi connectivity index (χ1v) is 14.1. The van der Waals surface area contributed by atoms with Crippen LogP contribution < -0.4 is 9.62 Å². The van der Waals surface area contributed by atoms with Crippen LogP contribution in [0.15, 0.2) is 54.6 Å². The predicted molar refractivity (Wildman–Crippen MR) is 142 cm³/mol. The lowest BCUT2D eigenvalue weighted by atomic mass is 10.0. The van der Waals surface area contributed by atoms with Crippen LogP contribution >= 0.6 is 0 Å². The van der Waals surface area contributed by atoms with E-state index in [1.165, 1.54) is 10.6 Å². The van der Waals surface area contributed by atoms with Crippen molar-refractivity contribution in [2.75, 3.05) is 17.1 Å². The minimum absolute atomic E-state index is 0.0150. The largest absolute Gasteiger partial charge is 0.352 e. The molecule has 0 bridgehead atoms. The third kappa shape index (κ3) is 8.38. The van der Waals surface area contributed by atoms with Gasteiger partial charge in [-0.1, -0.05) is 56.3 Å². The molecule has 0 saturated heterocycles. The Labute approximate surface area is 210 Å². The molecule has 1 N–H and O–H groups in total. The second kappa shape index (κ2) is 13.3. The molecule has 7 nitrogen and oxygen atoms in total. The minimum Gasteiger partial charge on any atom is -0.352 e. The third-order valence-electron chi connectivity index (χ3n) is 6.19. The minimum atomic E-state index is -3.50. The van der Waals surface area contributed by atoms with E-state index in [-0.39, 0.29) is 30.8 Å². The molecule has 192 valence electrons. The molecule has 0 aromatic heterocycles. The number of rotatable bonds is 13. The van der Waals surface area contributed by atoms with E-state index in [9.17, 15) is 18.0 Å². The van der Waals surface area contributed by atoms with Crippen molar-refractivity contribution >= 4 is 27.5 Å². The number of benzene rings is 2. The van der Waals surface area contributed by atoms with Gasteiger partial charge in [0.05, 0.1) is 11.9 Å². The van der Waals surface area contributed by atoms with E-state index in [0.717, 1.165) is 17.5 Å². The zero-order valence-corrected chi connectivity index (χ0v) is 22.3. The van der Waals surface area contributed by atoms with Crippen molar-refractivity contribution in [2.45, 2.75) is 72.0 Å². The average Bonchev–Trinajstić information content (AvgIpc) is 2.82. The molecule has 0 saturated carbocycles. The summed E-state index contributed by atoms with van der Waals surface area (Å²) >= 11 is 0. The number of para-hydroxylation sites is 1. The molecule has 2 aromatic rings. The topological polar surface area (TPSA) is 86.8 Å². The maximum Gasteiger partial charge on any atom is 0.243 e. The number of hydrogen-bond donors (Lipinski definition) is 1. The highest BCUT2D eigenvalue weighted by Crippen LogP contribution is 2.20. The molecule has 0 aliphatic rings. The van der Waals surface area contributed by atoms with Gasteiger partial charge >= 0.3 is 0 Å². The van der Waals surface area contributed by atoms with E-state index in [4.69, 9.17) is 0 Å². The van der Waals surface area contributed by atoms with E-state index in [0.29, 0.717) is 25.1 Å². The van der Waals surface area contributed by atoms with Gasteiger partial charge in [-0.05, 0) is 56.4 Å². The van der Waals surface area contributed by atoms with Crippen molar-refractivity contribution in [3.05, 3.63) is 65.7 Å². The van der Waals surface area contributed by atoms with Crippen molar-refractivity contribution in [3.8, 4) is 0 Å². The number of sulfonamides is 1. The molecule has 0 aliphatic carbocycles. The summed E-state index contributed by atoms with van der Waals surface area (Å²) in [5, 5.41) is 3.01. The van der Waals surface area contributed by atoms with Crippen LogP contribution in [0.25, 0.3) is 0 Å². The lowest BCUT2D eigenvalue weighted by Crippen LogP contribution is -2.50. The number of carbonyl (C=O) groups is 2. The van der Waals surface area contributed by atoms with Crippen molar-refractivity contribution in [1.29, 1.82) is 0 Å². The van der Waals surface area contributed by atoms with Gasteiger partial charge in [0.1, 0.15) is 6.04 Å². The van der Waals surface area contributed by atoms with Gasteiger partial charge in [0.2, 0.25) is 21.8 Å². The average molecular weight is 502 g/mol. The molecule has 2 atom stereocenters. The van der Waals surface area contributed by atoms with Crippen LogP contribution in [0, 0.1) is 6.92 Å². The quantitative estimate of drug-likeness (QED) is 0.444. The van der Waals surface area contributed by atoms with Gasteiger partial charge in [0.15, 0.2) is 0 Å². The Hall–Kier alpha value is -2.87. The maximum absolute atomic E-state index is 13.5. The molecule has 0 unspecified atom stereocenters. The first-order chi connectivity index (χ1) is 16.6. The smallest absolute Gasteiger partial charge is 0.243 e. The van der Waals surface area contributed by atoms with Gasteiger partial charge < -0.3 is 10.2 Å². The van der Waals surface area contributed by atoms with E-state index in [1.54, 1.807) is 29.2 Å². The highest BCUT2D eigenvalue weighted by molar-refractivity contribution is 7.92. The molecule has 2 rings (SSSR count). The fourth-order valence-corrected chi connectivity index (χ4v) is 4.90. The van der Waals surface area contributed by atoms with E-state index in [1.807, 2.05) is 58.0 Å². The molecule has 0 spiro atoms. The van der Waals surface area contributed by atoms with Gasteiger partial charge in [0, 0.05) is 25.6 Å². The zero-order valence-electron chi connectivity index (χ0n) is 21.5. The van der Waals surface area contributed by atoms with E-state index in [2.05, 4.69) is 5.32 Å². The number of nitrogens with one attached hydrogen (secondary N) is 1. The van der Waals surface area contributed by atoms with E-state index >= 15 is 0 Å². The van der Waals surface area contributed by atoms with Crippen LogP contribution in [0.2, 0.25) is 0 Å². The maximum atomic E-state index is 13.5. The molecule has 8 heteroatoms. The Bertz CT molecular complexity index is 1070. The molecular formula is C27H39N3O4S. The van der Waals surface area contributed by atoms with Gasteiger partial charge in [-0.3, -0.25) is 13.9 Å². The summed E-state index contributed by atoms with van der Waals surface area (Å²) in [7, 11) is -3.50. The number of aryl methyl sites for hydroxylation is 1. The van der Waals surface area contributed by atoms with Crippen LogP contribution in [0.5, 0.6) is 0 Å². The number of hydrogen-bond acceptors (Lipinski definition) is 4. The molecule has 0 aliphatic heterocycles. The summed E-state index contributed by atoms with van der Waals surface area (Å²) in [6.07, 6.45) is 2.93. The van der Waals surface area contributed by atoms with Crippen LogP contribution in [0.1, 0.15) is 57.6 Å². The summed E-state index contributed by atoms with van der Waals surface area (Å²) in [6.45, 7) is 8.35. The number of carbonyl (C=O) groups excluding carboxylic acids is 2. The Kier molecular flexibility index (Phi) is 10.8. The van der Waals surface area contributed by atoms with Crippen LogP contribution in [0.4, 0.5) is 5.69 Å². The molecule has 0 radical (unpaired) electrons. The summed E-state index contributed by atoms with van der Waals surface area (Å²) < 4.78 is 26.1. The zero-order chi connectivity index (χ0) is 26.0. The van der Waals surface area contributed by atoms with Crippen LogP contribution in [0.3, 0.4) is 0 Å². The molecule has 0 fully saturated rings. The summed E-state index contributed by atoms with van der Waals surface area (Å²) in [5.41, 5.74) is 2.60. The van der Waals surface area contributed by atoms with Gasteiger partial charge in [0.25, 0.3) is 0 Å². The predicted octanol–water partition coefficient (Wildman–Crippen LogP) is 4.26. The van der Waals surface area contributed by atoms with Gasteiger partial charge in [-0.25, -0.2) is 8.42 Å². The fraction of sp³-hybridized carbons (Fsp3) is 0.481. The summed E-state index contributed by atoms with van der Waals surface area (Å²) in [4.78, 5) is 28.2. The van der Waals surface area contributed by atoms with Crippen molar-refractivity contribution in [1.82, 2.24) is 10.2 Å². The highest BCUT2D eigenvalue weighted by atomic mass is 32.2. The molecule has 0 heterocycles. The molecule has 2 amide bonds. The van der Waals surface area contributed by atoms with E-state index < -0.39 is 16.1 Å². The monoisotopic (exact) mass is 501 g/mol. The third-order valence-corrected chi connectivity index (χ3v) is 7.38. The normalized spacial score (nSPS) is 13.1. The van der Waals surface area contributed by atoms with Crippen molar-refractivity contribution in [3.63, 3.8) is 0 Å². The summed E-state index contributed by atoms with van der Waals surface area (Å²) in [5.74, 6) is -0.327. The Morgan fingerprint density at radius 1 is 0.971 bits per heavy atom. The molecular weight excluding hydrogens is 462 g/mol.